The molecule has 35 heavy (non-hydrogen) atoms. The van der Waals surface area contributed by atoms with Gasteiger partial charge in [-0.25, -0.2) is 15.8 Å². The lowest BCUT2D eigenvalue weighted by Gasteiger charge is -2.26. The van der Waals surface area contributed by atoms with Crippen LogP contribution in [-0.2, 0) is 27.2 Å². The van der Waals surface area contributed by atoms with Crippen LogP contribution in [0.4, 0.5) is 10.8 Å². The number of hydrogen-bond donors (Lipinski definition) is 4. The summed E-state index contributed by atoms with van der Waals surface area (Å²) < 4.78 is 5.27. The smallest absolute Gasteiger partial charge is 0.263 e. The summed E-state index contributed by atoms with van der Waals surface area (Å²) in [5.74, 6) is 4.75. The summed E-state index contributed by atoms with van der Waals surface area (Å²) in [5, 5.41) is 5.93. The van der Waals surface area contributed by atoms with Crippen molar-refractivity contribution in [1.29, 1.82) is 0 Å². The number of thiazole rings is 1. The quantitative estimate of drug-likeness (QED) is 0.119. The Morgan fingerprint density at radius 2 is 1.94 bits per heavy atom. The molecule has 1 aromatic carbocycles. The van der Waals surface area contributed by atoms with Crippen molar-refractivity contribution in [2.45, 2.75) is 32.6 Å². The fourth-order valence-electron chi connectivity index (χ4n) is 3.52. The summed E-state index contributed by atoms with van der Waals surface area (Å²) in [7, 11) is 0. The van der Waals surface area contributed by atoms with E-state index < -0.39 is 0 Å². The average molecular weight is 502 g/mol. The number of nitrogens with zero attached hydrogens (tertiary/aromatic N) is 3. The minimum absolute atomic E-state index is 0.0740. The van der Waals surface area contributed by atoms with E-state index in [1.165, 1.54) is 13.3 Å². The summed E-state index contributed by atoms with van der Waals surface area (Å²) in [5.41, 5.74) is 4.81. The van der Waals surface area contributed by atoms with E-state index in [1.54, 1.807) is 4.90 Å². The van der Waals surface area contributed by atoms with Crippen molar-refractivity contribution < 1.29 is 19.1 Å². The van der Waals surface area contributed by atoms with Gasteiger partial charge in [-0.15, -0.1) is 0 Å². The maximum absolute atomic E-state index is 12.9. The van der Waals surface area contributed by atoms with Crippen LogP contribution < -0.4 is 21.9 Å². The molecule has 11 nitrogen and oxygen atoms in total. The number of carbonyl (C=O) groups excluding carboxylic acids is 3. The molecule has 1 aromatic heterocycles. The van der Waals surface area contributed by atoms with E-state index in [4.69, 9.17) is 10.6 Å². The first-order chi connectivity index (χ1) is 17.0. The topological polar surface area (TPSA) is 151 Å². The molecular weight excluding hydrogens is 470 g/mol. The predicted octanol–water partition coefficient (Wildman–Crippen LogP) is 1.38. The zero-order valence-corrected chi connectivity index (χ0v) is 20.5. The van der Waals surface area contributed by atoms with E-state index in [1.807, 2.05) is 24.3 Å². The molecular formula is C23H31N7O4S. The van der Waals surface area contributed by atoms with Crippen LogP contribution >= 0.6 is 11.3 Å². The molecule has 188 valence electrons. The lowest BCUT2D eigenvalue weighted by atomic mass is 10.1. The number of nitrogens with one attached hydrogen (secondary N) is 3. The van der Waals surface area contributed by atoms with Crippen LogP contribution in [0.25, 0.3) is 0 Å². The molecule has 5 N–H and O–H groups in total. The highest BCUT2D eigenvalue weighted by Gasteiger charge is 2.20. The summed E-state index contributed by atoms with van der Waals surface area (Å²) in [6, 6.07) is 7.66. The number of morpholine rings is 1. The molecule has 0 radical (unpaired) electrons. The zero-order valence-electron chi connectivity index (χ0n) is 19.7. The van der Waals surface area contributed by atoms with Gasteiger partial charge in [-0.3, -0.25) is 14.4 Å². The molecule has 1 aliphatic heterocycles. The summed E-state index contributed by atoms with van der Waals surface area (Å²) in [6.45, 7) is 4.14. The van der Waals surface area contributed by atoms with Gasteiger partial charge < -0.3 is 25.7 Å². The second-order valence-corrected chi connectivity index (χ2v) is 8.92. The van der Waals surface area contributed by atoms with Crippen molar-refractivity contribution in [3.63, 3.8) is 0 Å². The number of rotatable bonds is 11. The van der Waals surface area contributed by atoms with E-state index in [0.29, 0.717) is 74.2 Å². The van der Waals surface area contributed by atoms with Gasteiger partial charge in [-0.1, -0.05) is 23.5 Å². The number of hydrazine groups is 1. The molecule has 0 unspecified atom stereocenters. The summed E-state index contributed by atoms with van der Waals surface area (Å²) >= 11 is 1.15. The van der Waals surface area contributed by atoms with Crippen molar-refractivity contribution >= 4 is 46.2 Å². The second kappa shape index (κ2) is 13.5. The minimum atomic E-state index is -0.258. The highest BCUT2D eigenvalue weighted by molar-refractivity contribution is 7.17. The van der Waals surface area contributed by atoms with Gasteiger partial charge in [-0.05, 0) is 37.0 Å². The fraction of sp³-hybridized carbons (Fsp3) is 0.435. The van der Waals surface area contributed by atoms with Crippen molar-refractivity contribution in [3.05, 3.63) is 40.4 Å². The first-order valence-corrected chi connectivity index (χ1v) is 12.3. The zero-order chi connectivity index (χ0) is 25.0. The number of nitrogens with two attached hydrogens (primary N) is 1. The number of benzene rings is 1. The SMILES string of the molecule is CC(=O)Nc1nc(CCc2ccc(N=CNN)cc2)c(C(=O)NCCCC(=O)N2CCOCC2)s1. The number of ether oxygens (including phenoxy) is 1. The van der Waals surface area contributed by atoms with Crippen molar-refractivity contribution in [3.8, 4) is 0 Å². The minimum Gasteiger partial charge on any atom is -0.378 e. The maximum atomic E-state index is 12.9. The summed E-state index contributed by atoms with van der Waals surface area (Å²) in [6.07, 6.45) is 3.51. The van der Waals surface area contributed by atoms with Crippen LogP contribution in [0.3, 0.4) is 0 Å². The number of amides is 3. The number of hydrogen-bond acceptors (Lipinski definition) is 8. The molecule has 1 aliphatic rings. The van der Waals surface area contributed by atoms with Crippen molar-refractivity contribution in [2.75, 3.05) is 38.2 Å². The van der Waals surface area contributed by atoms with Gasteiger partial charge in [0.1, 0.15) is 11.2 Å². The predicted molar refractivity (Wildman–Crippen MR) is 135 cm³/mol. The van der Waals surface area contributed by atoms with Crippen LogP contribution in [0.1, 0.15) is 40.7 Å². The molecule has 3 amide bonds. The van der Waals surface area contributed by atoms with Gasteiger partial charge in [-0.2, -0.15) is 0 Å². The number of aromatic nitrogens is 1. The lowest BCUT2D eigenvalue weighted by molar-refractivity contribution is -0.135. The Bertz CT molecular complexity index is 1030. The van der Waals surface area contributed by atoms with E-state index in [2.05, 4.69) is 26.0 Å². The van der Waals surface area contributed by atoms with Gasteiger partial charge in [0.2, 0.25) is 11.8 Å². The summed E-state index contributed by atoms with van der Waals surface area (Å²) in [4.78, 5) is 47.5. The number of carbonyl (C=O) groups is 3. The molecule has 0 bridgehead atoms. The van der Waals surface area contributed by atoms with Crippen molar-refractivity contribution in [2.24, 2.45) is 10.8 Å². The Labute approximate surface area is 208 Å². The van der Waals surface area contributed by atoms with E-state index in [0.717, 1.165) is 22.6 Å². The van der Waals surface area contributed by atoms with Gasteiger partial charge in [0, 0.05) is 33.0 Å². The number of anilines is 1. The first-order valence-electron chi connectivity index (χ1n) is 11.4. The average Bonchev–Trinajstić information content (AvgIpc) is 3.27. The van der Waals surface area contributed by atoms with Crippen molar-refractivity contribution in [1.82, 2.24) is 20.6 Å². The first kappa shape index (κ1) is 26.3. The van der Waals surface area contributed by atoms with Gasteiger partial charge in [0.15, 0.2) is 5.13 Å². The molecule has 0 atom stereocenters. The number of aryl methyl sites for hydroxylation is 2. The molecule has 0 spiro atoms. The van der Waals surface area contributed by atoms with Gasteiger partial charge >= 0.3 is 0 Å². The Balaban J connectivity index is 1.56. The Kier molecular flexibility index (Phi) is 10.1. The van der Waals surface area contributed by atoms with E-state index in [-0.39, 0.29) is 17.7 Å². The molecule has 3 rings (SSSR count). The molecule has 1 saturated heterocycles. The maximum Gasteiger partial charge on any atom is 0.263 e. The highest BCUT2D eigenvalue weighted by Crippen LogP contribution is 2.25. The molecule has 1 fully saturated rings. The molecule has 2 aromatic rings. The Hall–Kier alpha value is -3.35. The molecule has 0 aliphatic carbocycles. The lowest BCUT2D eigenvalue weighted by Crippen LogP contribution is -2.40. The monoisotopic (exact) mass is 501 g/mol. The third kappa shape index (κ3) is 8.42. The third-order valence-corrected chi connectivity index (χ3v) is 6.29. The highest BCUT2D eigenvalue weighted by atomic mass is 32.1. The van der Waals surface area contributed by atoms with Crippen LogP contribution in [0.5, 0.6) is 0 Å². The van der Waals surface area contributed by atoms with Gasteiger partial charge in [0.05, 0.1) is 24.6 Å². The van der Waals surface area contributed by atoms with Crippen LogP contribution in [-0.4, -0.2) is 66.8 Å². The van der Waals surface area contributed by atoms with E-state index >= 15 is 0 Å². The van der Waals surface area contributed by atoms with Crippen LogP contribution in [0.15, 0.2) is 29.3 Å². The molecule has 2 heterocycles. The van der Waals surface area contributed by atoms with Crippen LogP contribution in [0.2, 0.25) is 0 Å². The molecule has 12 heteroatoms. The standard InChI is InChI=1S/C23H31N7O4S/c1-16(31)28-23-29-19(9-6-17-4-7-18(8-5-17)26-15-27-24)21(35-23)22(33)25-10-2-3-20(32)30-11-13-34-14-12-30/h4-5,7-8,15H,2-3,6,9-14,24H2,1H3,(H,25,33)(H,26,27)(H,28,29,31). The van der Waals surface area contributed by atoms with E-state index in [9.17, 15) is 14.4 Å². The number of aliphatic imine (C=N–C) groups is 1. The van der Waals surface area contributed by atoms with Crippen LogP contribution in [0, 0.1) is 0 Å². The third-order valence-electron chi connectivity index (χ3n) is 5.28. The Morgan fingerprint density at radius 1 is 1.20 bits per heavy atom. The Morgan fingerprint density at radius 3 is 2.63 bits per heavy atom. The molecule has 0 saturated carbocycles. The largest absolute Gasteiger partial charge is 0.378 e. The van der Waals surface area contributed by atoms with Gasteiger partial charge in [0.25, 0.3) is 5.91 Å². The normalized spacial score (nSPS) is 13.6. The second-order valence-electron chi connectivity index (χ2n) is 7.92. The fourth-order valence-corrected chi connectivity index (χ4v) is 4.49.